The van der Waals surface area contributed by atoms with Gasteiger partial charge in [-0.2, -0.15) is 0 Å². The first-order valence-electron chi connectivity index (χ1n) is 3.31. The fourth-order valence-electron chi connectivity index (χ4n) is 0.511. The van der Waals surface area contributed by atoms with Crippen LogP contribution < -0.4 is 11.1 Å². The molecule has 0 aliphatic heterocycles. The summed E-state index contributed by atoms with van der Waals surface area (Å²) < 4.78 is 0. The molecular formula is C6H15ClN2O2. The lowest BCUT2D eigenvalue weighted by molar-refractivity contribution is -0.124. The Morgan fingerprint density at radius 2 is 2.18 bits per heavy atom. The summed E-state index contributed by atoms with van der Waals surface area (Å²) in [6.45, 7) is 3.83. The molecule has 0 spiro atoms. The molecule has 4 N–H and O–H groups in total. The van der Waals surface area contributed by atoms with E-state index in [1.54, 1.807) is 6.92 Å². The number of carbonyl (C=O) groups excluding carboxylic acids is 1. The van der Waals surface area contributed by atoms with Crippen LogP contribution in [0.1, 0.15) is 13.8 Å². The molecule has 0 saturated carbocycles. The maximum Gasteiger partial charge on any atom is 0.239 e. The van der Waals surface area contributed by atoms with Crippen molar-refractivity contribution < 1.29 is 9.90 Å². The number of hydrogen-bond donors (Lipinski definition) is 3. The summed E-state index contributed by atoms with van der Waals surface area (Å²) in [5, 5.41) is 11.3. The minimum Gasteiger partial charge on any atom is -0.391 e. The number of aliphatic hydroxyl groups is 1. The molecule has 0 rings (SSSR count). The zero-order valence-electron chi connectivity index (χ0n) is 6.70. The van der Waals surface area contributed by atoms with Crippen molar-refractivity contribution in [2.45, 2.75) is 26.0 Å². The molecule has 68 valence electrons. The molecule has 0 heterocycles. The Kier molecular flexibility index (Phi) is 7.72. The molecule has 0 aromatic heterocycles. The van der Waals surface area contributed by atoms with Crippen molar-refractivity contribution in [1.29, 1.82) is 0 Å². The van der Waals surface area contributed by atoms with Gasteiger partial charge in [-0.15, -0.1) is 12.4 Å². The first-order valence-corrected chi connectivity index (χ1v) is 3.31. The van der Waals surface area contributed by atoms with Gasteiger partial charge in [-0.05, 0) is 13.8 Å². The fourth-order valence-corrected chi connectivity index (χ4v) is 0.511. The van der Waals surface area contributed by atoms with E-state index in [9.17, 15) is 4.79 Å². The maximum atomic E-state index is 10.8. The number of carbonyl (C=O) groups is 1. The van der Waals surface area contributed by atoms with Gasteiger partial charge in [0.1, 0.15) is 6.04 Å². The summed E-state index contributed by atoms with van der Waals surface area (Å²) >= 11 is 0. The van der Waals surface area contributed by atoms with Gasteiger partial charge in [0.05, 0.1) is 6.10 Å². The molecule has 5 heteroatoms. The number of aliphatic hydroxyl groups excluding tert-OH is 1. The molecule has 0 radical (unpaired) electrons. The van der Waals surface area contributed by atoms with Crippen LogP contribution in [0.4, 0.5) is 0 Å². The Morgan fingerprint density at radius 1 is 1.73 bits per heavy atom. The quantitative estimate of drug-likeness (QED) is 0.538. The van der Waals surface area contributed by atoms with Crippen LogP contribution in [0.2, 0.25) is 0 Å². The second-order valence-corrected chi connectivity index (χ2v) is 2.16. The topological polar surface area (TPSA) is 75.4 Å². The number of nitrogens with two attached hydrogens (primary N) is 1. The fraction of sp³-hybridized carbons (Fsp3) is 0.833. The van der Waals surface area contributed by atoms with Crippen LogP contribution in [0, 0.1) is 0 Å². The molecule has 0 bridgehead atoms. The van der Waals surface area contributed by atoms with E-state index in [0.29, 0.717) is 6.54 Å². The first kappa shape index (κ1) is 13.3. The van der Waals surface area contributed by atoms with Gasteiger partial charge >= 0.3 is 0 Å². The molecule has 4 nitrogen and oxygen atoms in total. The third-order valence-corrected chi connectivity index (χ3v) is 1.17. The molecule has 11 heavy (non-hydrogen) atoms. The van der Waals surface area contributed by atoms with Crippen molar-refractivity contribution in [3.05, 3.63) is 0 Å². The molecule has 1 unspecified atom stereocenters. The normalized spacial score (nSPS) is 14.5. The van der Waals surface area contributed by atoms with Gasteiger partial charge in [0, 0.05) is 6.54 Å². The maximum absolute atomic E-state index is 10.8. The van der Waals surface area contributed by atoms with Crippen molar-refractivity contribution in [2.24, 2.45) is 5.73 Å². The molecule has 0 aromatic rings. The van der Waals surface area contributed by atoms with E-state index in [4.69, 9.17) is 10.8 Å². The van der Waals surface area contributed by atoms with E-state index in [-0.39, 0.29) is 18.3 Å². The van der Waals surface area contributed by atoms with E-state index >= 15 is 0 Å². The Balaban J connectivity index is 0. The molecule has 0 aromatic carbocycles. The van der Waals surface area contributed by atoms with E-state index in [0.717, 1.165) is 0 Å². The molecule has 0 saturated heterocycles. The molecule has 0 aliphatic rings. The predicted molar refractivity (Wildman–Crippen MR) is 45.6 cm³/mol. The van der Waals surface area contributed by atoms with Gasteiger partial charge in [0.25, 0.3) is 0 Å². The highest BCUT2D eigenvalue weighted by atomic mass is 35.5. The zero-order valence-corrected chi connectivity index (χ0v) is 7.52. The van der Waals surface area contributed by atoms with Crippen molar-refractivity contribution in [3.63, 3.8) is 0 Å². The average molecular weight is 183 g/mol. The summed E-state index contributed by atoms with van der Waals surface area (Å²) in [4.78, 5) is 10.8. The van der Waals surface area contributed by atoms with Crippen LogP contribution in [0.25, 0.3) is 0 Å². The SMILES string of the molecule is CCNC(=O)[C@@H](N)C(C)O.Cl. The van der Waals surface area contributed by atoms with E-state index in [1.165, 1.54) is 6.92 Å². The molecule has 2 atom stereocenters. The minimum absolute atomic E-state index is 0. The lowest BCUT2D eigenvalue weighted by atomic mass is 10.2. The zero-order chi connectivity index (χ0) is 8.15. The Labute approximate surface area is 72.6 Å². The van der Waals surface area contributed by atoms with Crippen molar-refractivity contribution in [3.8, 4) is 0 Å². The molecule has 0 aliphatic carbocycles. The summed E-state index contributed by atoms with van der Waals surface area (Å²) in [5.41, 5.74) is 5.28. The highest BCUT2D eigenvalue weighted by molar-refractivity contribution is 5.85. The summed E-state index contributed by atoms with van der Waals surface area (Å²) in [6.07, 6.45) is -0.786. The van der Waals surface area contributed by atoms with Crippen molar-refractivity contribution >= 4 is 18.3 Å². The number of halogens is 1. The van der Waals surface area contributed by atoms with Crippen LogP contribution in [0.15, 0.2) is 0 Å². The van der Waals surface area contributed by atoms with Gasteiger partial charge in [0.15, 0.2) is 0 Å². The van der Waals surface area contributed by atoms with Crippen LogP contribution in [-0.2, 0) is 4.79 Å². The number of likely N-dealkylation sites (N-methyl/N-ethyl adjacent to an activating group) is 1. The highest BCUT2D eigenvalue weighted by Gasteiger charge is 2.16. The van der Waals surface area contributed by atoms with Crippen LogP contribution in [0.3, 0.4) is 0 Å². The smallest absolute Gasteiger partial charge is 0.239 e. The third kappa shape index (κ3) is 5.01. The number of nitrogens with one attached hydrogen (secondary N) is 1. The predicted octanol–water partition coefficient (Wildman–Crippen LogP) is -0.748. The van der Waals surface area contributed by atoms with Gasteiger partial charge in [-0.3, -0.25) is 4.79 Å². The van der Waals surface area contributed by atoms with E-state index in [1.807, 2.05) is 0 Å². The monoisotopic (exact) mass is 182 g/mol. The number of rotatable bonds is 3. The molecule has 0 fully saturated rings. The molecular weight excluding hydrogens is 168 g/mol. The second-order valence-electron chi connectivity index (χ2n) is 2.16. The van der Waals surface area contributed by atoms with Gasteiger partial charge < -0.3 is 16.2 Å². The summed E-state index contributed by atoms with van der Waals surface area (Å²) in [5.74, 6) is -0.308. The van der Waals surface area contributed by atoms with Crippen molar-refractivity contribution in [2.75, 3.05) is 6.54 Å². The van der Waals surface area contributed by atoms with Gasteiger partial charge in [-0.1, -0.05) is 0 Å². The standard InChI is InChI=1S/C6H14N2O2.ClH/c1-3-8-6(10)5(7)4(2)9;/h4-5,9H,3,7H2,1-2H3,(H,8,10);1H/t4?,5-;/m0./s1. The largest absolute Gasteiger partial charge is 0.391 e. The van der Waals surface area contributed by atoms with Crippen LogP contribution in [-0.4, -0.2) is 29.7 Å². The summed E-state index contributed by atoms with van der Waals surface area (Å²) in [7, 11) is 0. The van der Waals surface area contributed by atoms with Gasteiger partial charge in [-0.25, -0.2) is 0 Å². The number of hydrogen-bond acceptors (Lipinski definition) is 3. The number of amides is 1. The third-order valence-electron chi connectivity index (χ3n) is 1.17. The van der Waals surface area contributed by atoms with E-state index in [2.05, 4.69) is 5.32 Å². The molecule has 1 amide bonds. The first-order chi connectivity index (χ1) is 4.59. The lowest BCUT2D eigenvalue weighted by Crippen LogP contribution is -2.47. The van der Waals surface area contributed by atoms with E-state index < -0.39 is 12.1 Å². The minimum atomic E-state index is -0.806. The Bertz CT molecular complexity index is 119. The highest BCUT2D eigenvalue weighted by Crippen LogP contribution is 1.86. The van der Waals surface area contributed by atoms with Gasteiger partial charge in [0.2, 0.25) is 5.91 Å². The van der Waals surface area contributed by atoms with Crippen LogP contribution >= 0.6 is 12.4 Å². The summed E-state index contributed by atoms with van der Waals surface area (Å²) in [6, 6.07) is -0.806. The Morgan fingerprint density at radius 3 is 2.45 bits per heavy atom. The second kappa shape index (κ2) is 6.39. The Hall–Kier alpha value is -0.320. The average Bonchev–Trinajstić information content (AvgIpc) is 1.87. The lowest BCUT2D eigenvalue weighted by Gasteiger charge is -2.12. The van der Waals surface area contributed by atoms with Crippen LogP contribution in [0.5, 0.6) is 0 Å². The van der Waals surface area contributed by atoms with Crippen molar-refractivity contribution in [1.82, 2.24) is 5.32 Å².